The fraction of sp³-hybridized carbons (Fsp3) is 0.600. The standard InChI is InChI=1S/C15H24N2O2S/c1-2-20(18,19)12-6-10-17-11-9-16-13-15(17)14-7-4-3-5-8-14/h3-5,7-8,15-16H,2,6,9-13H2,1H3. The maximum absolute atomic E-state index is 11.6. The van der Waals surface area contributed by atoms with Crippen molar-refractivity contribution >= 4 is 9.84 Å². The Hall–Kier alpha value is -0.910. The van der Waals surface area contributed by atoms with Crippen molar-refractivity contribution in [2.75, 3.05) is 37.7 Å². The van der Waals surface area contributed by atoms with Crippen molar-refractivity contribution in [3.63, 3.8) is 0 Å². The SMILES string of the molecule is CCS(=O)(=O)CCCN1CCNCC1c1ccccc1. The van der Waals surface area contributed by atoms with Crippen molar-refractivity contribution in [3.8, 4) is 0 Å². The molecule has 1 atom stereocenters. The van der Waals surface area contributed by atoms with Crippen molar-refractivity contribution in [2.45, 2.75) is 19.4 Å². The Kier molecular flexibility index (Phi) is 5.57. The maximum atomic E-state index is 11.6. The molecule has 1 aliphatic heterocycles. The highest BCUT2D eigenvalue weighted by Crippen LogP contribution is 2.22. The lowest BCUT2D eigenvalue weighted by molar-refractivity contribution is 0.162. The van der Waals surface area contributed by atoms with E-state index in [1.54, 1.807) is 6.92 Å². The van der Waals surface area contributed by atoms with Gasteiger partial charge in [-0.05, 0) is 18.5 Å². The van der Waals surface area contributed by atoms with Crippen LogP contribution in [0.3, 0.4) is 0 Å². The zero-order valence-electron chi connectivity index (χ0n) is 12.1. The summed E-state index contributed by atoms with van der Waals surface area (Å²) < 4.78 is 23.1. The Bertz CT molecular complexity index is 502. The molecular formula is C15H24N2O2S. The second-order valence-corrected chi connectivity index (χ2v) is 7.73. The van der Waals surface area contributed by atoms with Crippen molar-refractivity contribution in [1.82, 2.24) is 10.2 Å². The summed E-state index contributed by atoms with van der Waals surface area (Å²) in [5.74, 6) is 0.547. The Morgan fingerprint density at radius 1 is 1.30 bits per heavy atom. The molecule has 0 saturated carbocycles. The molecule has 112 valence electrons. The van der Waals surface area contributed by atoms with Crippen molar-refractivity contribution in [2.24, 2.45) is 0 Å². The first-order valence-corrected chi connectivity index (χ1v) is 9.14. The van der Waals surface area contributed by atoms with Crippen molar-refractivity contribution < 1.29 is 8.42 Å². The van der Waals surface area contributed by atoms with Gasteiger partial charge in [-0.3, -0.25) is 4.90 Å². The molecule has 0 spiro atoms. The van der Waals surface area contributed by atoms with Gasteiger partial charge in [0.15, 0.2) is 0 Å². The Balaban J connectivity index is 1.94. The lowest BCUT2D eigenvalue weighted by Crippen LogP contribution is -2.46. The highest BCUT2D eigenvalue weighted by atomic mass is 32.2. The van der Waals surface area contributed by atoms with Gasteiger partial charge in [-0.1, -0.05) is 37.3 Å². The Morgan fingerprint density at radius 2 is 2.05 bits per heavy atom. The van der Waals surface area contributed by atoms with E-state index in [1.165, 1.54) is 5.56 Å². The molecule has 1 aromatic rings. The van der Waals surface area contributed by atoms with Gasteiger partial charge >= 0.3 is 0 Å². The Labute approximate surface area is 122 Å². The van der Waals surface area contributed by atoms with Gasteiger partial charge in [0, 0.05) is 31.4 Å². The van der Waals surface area contributed by atoms with E-state index in [2.05, 4.69) is 34.5 Å². The fourth-order valence-corrected chi connectivity index (χ4v) is 3.51. The summed E-state index contributed by atoms with van der Waals surface area (Å²) in [5, 5.41) is 3.42. The van der Waals surface area contributed by atoms with Crippen LogP contribution in [0.4, 0.5) is 0 Å². The van der Waals surface area contributed by atoms with E-state index in [9.17, 15) is 8.42 Å². The summed E-state index contributed by atoms with van der Waals surface area (Å²) in [7, 11) is -2.84. The van der Waals surface area contributed by atoms with E-state index in [0.29, 0.717) is 11.8 Å². The molecule has 5 heteroatoms. The molecule has 1 fully saturated rings. The van der Waals surface area contributed by atoms with Crippen LogP contribution in [0.2, 0.25) is 0 Å². The predicted octanol–water partition coefficient (Wildman–Crippen LogP) is 1.46. The summed E-state index contributed by atoms with van der Waals surface area (Å²) in [5.41, 5.74) is 1.30. The second kappa shape index (κ2) is 7.20. The van der Waals surface area contributed by atoms with Gasteiger partial charge in [0.2, 0.25) is 0 Å². The lowest BCUT2D eigenvalue weighted by atomic mass is 10.0. The molecule has 1 saturated heterocycles. The molecule has 0 amide bonds. The molecule has 1 heterocycles. The third-order valence-electron chi connectivity index (χ3n) is 3.88. The predicted molar refractivity (Wildman–Crippen MR) is 82.6 cm³/mol. The quantitative estimate of drug-likeness (QED) is 0.863. The summed E-state index contributed by atoms with van der Waals surface area (Å²) in [6, 6.07) is 10.8. The number of hydrogen-bond donors (Lipinski definition) is 1. The number of nitrogens with zero attached hydrogens (tertiary/aromatic N) is 1. The van der Waals surface area contributed by atoms with Crippen LogP contribution in [0.5, 0.6) is 0 Å². The van der Waals surface area contributed by atoms with Crippen LogP contribution in [-0.2, 0) is 9.84 Å². The third kappa shape index (κ3) is 4.30. The van der Waals surface area contributed by atoms with Gasteiger partial charge in [-0.25, -0.2) is 8.42 Å². The molecule has 20 heavy (non-hydrogen) atoms. The number of piperazine rings is 1. The van der Waals surface area contributed by atoms with E-state index < -0.39 is 9.84 Å². The van der Waals surface area contributed by atoms with Crippen LogP contribution >= 0.6 is 0 Å². The van der Waals surface area contributed by atoms with Crippen molar-refractivity contribution in [1.29, 1.82) is 0 Å². The minimum atomic E-state index is -2.84. The number of benzene rings is 1. The van der Waals surface area contributed by atoms with Crippen LogP contribution in [0.25, 0.3) is 0 Å². The average molecular weight is 296 g/mol. The van der Waals surface area contributed by atoms with Gasteiger partial charge in [0.25, 0.3) is 0 Å². The number of nitrogens with one attached hydrogen (secondary N) is 1. The lowest BCUT2D eigenvalue weighted by Gasteiger charge is -2.36. The largest absolute Gasteiger partial charge is 0.314 e. The molecular weight excluding hydrogens is 272 g/mol. The van der Waals surface area contributed by atoms with E-state index in [-0.39, 0.29) is 5.75 Å². The van der Waals surface area contributed by atoms with E-state index in [1.807, 2.05) is 6.07 Å². The zero-order valence-corrected chi connectivity index (χ0v) is 12.9. The summed E-state index contributed by atoms with van der Waals surface area (Å²) in [4.78, 5) is 2.40. The van der Waals surface area contributed by atoms with E-state index in [0.717, 1.165) is 32.6 Å². The van der Waals surface area contributed by atoms with Crippen LogP contribution in [0, 0.1) is 0 Å². The second-order valence-electron chi connectivity index (χ2n) is 5.26. The van der Waals surface area contributed by atoms with Gasteiger partial charge < -0.3 is 5.32 Å². The first kappa shape index (κ1) is 15.5. The van der Waals surface area contributed by atoms with E-state index in [4.69, 9.17) is 0 Å². The van der Waals surface area contributed by atoms with Crippen LogP contribution < -0.4 is 5.32 Å². The minimum Gasteiger partial charge on any atom is -0.314 e. The maximum Gasteiger partial charge on any atom is 0.150 e. The highest BCUT2D eigenvalue weighted by Gasteiger charge is 2.23. The summed E-state index contributed by atoms with van der Waals surface area (Å²) in [6.45, 7) is 5.45. The number of sulfone groups is 1. The monoisotopic (exact) mass is 296 g/mol. The van der Waals surface area contributed by atoms with Crippen molar-refractivity contribution in [3.05, 3.63) is 35.9 Å². The molecule has 0 bridgehead atoms. The molecule has 0 aromatic heterocycles. The average Bonchev–Trinajstić information content (AvgIpc) is 2.48. The molecule has 4 nitrogen and oxygen atoms in total. The fourth-order valence-electron chi connectivity index (χ4n) is 2.65. The van der Waals surface area contributed by atoms with Crippen LogP contribution in [-0.4, -0.2) is 51.0 Å². The molecule has 1 unspecified atom stereocenters. The number of rotatable bonds is 6. The molecule has 0 radical (unpaired) electrons. The Morgan fingerprint density at radius 3 is 2.75 bits per heavy atom. The molecule has 1 aliphatic rings. The number of hydrogen-bond acceptors (Lipinski definition) is 4. The van der Waals surface area contributed by atoms with Gasteiger partial charge in [0.1, 0.15) is 9.84 Å². The molecule has 0 aliphatic carbocycles. The zero-order chi connectivity index (χ0) is 14.4. The van der Waals surface area contributed by atoms with Gasteiger partial charge in [-0.2, -0.15) is 0 Å². The first-order valence-electron chi connectivity index (χ1n) is 7.32. The molecule has 1 aromatic carbocycles. The van der Waals surface area contributed by atoms with Gasteiger partial charge in [0.05, 0.1) is 5.75 Å². The first-order chi connectivity index (χ1) is 9.62. The normalized spacial score (nSPS) is 20.9. The highest BCUT2D eigenvalue weighted by molar-refractivity contribution is 7.91. The molecule has 1 N–H and O–H groups in total. The minimum absolute atomic E-state index is 0.247. The molecule has 2 rings (SSSR count). The summed E-state index contributed by atoms with van der Waals surface area (Å²) in [6.07, 6.45) is 0.722. The van der Waals surface area contributed by atoms with Crippen LogP contribution in [0.1, 0.15) is 24.9 Å². The van der Waals surface area contributed by atoms with E-state index >= 15 is 0 Å². The van der Waals surface area contributed by atoms with Crippen LogP contribution in [0.15, 0.2) is 30.3 Å². The topological polar surface area (TPSA) is 49.4 Å². The third-order valence-corrected chi connectivity index (χ3v) is 5.67. The van der Waals surface area contributed by atoms with Gasteiger partial charge in [-0.15, -0.1) is 0 Å². The summed E-state index contributed by atoms with van der Waals surface area (Å²) >= 11 is 0. The smallest absolute Gasteiger partial charge is 0.150 e.